The van der Waals surface area contributed by atoms with Crippen molar-refractivity contribution in [1.29, 1.82) is 0 Å². The molecule has 0 saturated carbocycles. The van der Waals surface area contributed by atoms with E-state index in [1.54, 1.807) is 0 Å². The van der Waals surface area contributed by atoms with Gasteiger partial charge in [-0.1, -0.05) is 0 Å². The Morgan fingerprint density at radius 2 is 1.91 bits per heavy atom. The lowest BCUT2D eigenvalue weighted by Crippen LogP contribution is -2.44. The third-order valence-electron chi connectivity index (χ3n) is 3.74. The van der Waals surface area contributed by atoms with Gasteiger partial charge in [-0.05, 0) is 45.4 Å². The van der Waals surface area contributed by atoms with Gasteiger partial charge in [0.1, 0.15) is 5.60 Å². The van der Waals surface area contributed by atoms with E-state index in [0.29, 0.717) is 5.56 Å². The van der Waals surface area contributed by atoms with Gasteiger partial charge in [0.05, 0.1) is 5.56 Å². The van der Waals surface area contributed by atoms with Crippen LogP contribution in [0.1, 0.15) is 36.7 Å². The number of carbonyl (C=O) groups excluding carboxylic acids is 1. The fraction of sp³-hybridized carbons (Fsp3) is 0.588. The number of anilines is 2. The van der Waals surface area contributed by atoms with Crippen LogP contribution in [-0.2, 0) is 4.74 Å². The van der Waals surface area contributed by atoms with Crippen LogP contribution in [0.3, 0.4) is 0 Å². The first-order valence-corrected chi connectivity index (χ1v) is 7.83. The highest BCUT2D eigenvalue weighted by Gasteiger charge is 2.22. The van der Waals surface area contributed by atoms with Crippen molar-refractivity contribution in [3.05, 3.63) is 23.3 Å². The molecule has 1 fully saturated rings. The highest BCUT2D eigenvalue weighted by Crippen LogP contribution is 2.30. The summed E-state index contributed by atoms with van der Waals surface area (Å²) in [5.41, 5.74) is 3.35. The molecule has 1 aromatic carbocycles. The van der Waals surface area contributed by atoms with Gasteiger partial charge in [-0.3, -0.25) is 0 Å². The van der Waals surface area contributed by atoms with Gasteiger partial charge in [0.15, 0.2) is 0 Å². The maximum absolute atomic E-state index is 12.4. The van der Waals surface area contributed by atoms with Gasteiger partial charge < -0.3 is 20.3 Å². The largest absolute Gasteiger partial charge is 0.456 e. The fourth-order valence-electron chi connectivity index (χ4n) is 2.65. The molecule has 0 bridgehead atoms. The van der Waals surface area contributed by atoms with Crippen LogP contribution in [0.4, 0.5) is 11.4 Å². The smallest absolute Gasteiger partial charge is 0.338 e. The lowest BCUT2D eigenvalue weighted by Gasteiger charge is -2.32. The maximum Gasteiger partial charge on any atom is 0.338 e. The molecule has 122 valence electrons. The van der Waals surface area contributed by atoms with Crippen molar-refractivity contribution in [3.63, 3.8) is 0 Å². The molecule has 1 aliphatic rings. The summed E-state index contributed by atoms with van der Waals surface area (Å²) < 4.78 is 5.51. The molecule has 0 amide bonds. The van der Waals surface area contributed by atoms with Crippen molar-refractivity contribution < 1.29 is 9.53 Å². The molecule has 0 spiro atoms. The topological polar surface area (TPSA) is 53.6 Å². The highest BCUT2D eigenvalue weighted by atomic mass is 16.6. The van der Waals surface area contributed by atoms with Gasteiger partial charge in [0.2, 0.25) is 0 Å². The van der Waals surface area contributed by atoms with Gasteiger partial charge in [-0.2, -0.15) is 0 Å². The average Bonchev–Trinajstić information content (AvgIpc) is 2.46. The normalized spacial score (nSPS) is 15.6. The summed E-state index contributed by atoms with van der Waals surface area (Å²) in [6, 6.07) is 3.82. The zero-order chi connectivity index (χ0) is 16.3. The van der Waals surface area contributed by atoms with Crippen LogP contribution in [0.25, 0.3) is 0 Å². The summed E-state index contributed by atoms with van der Waals surface area (Å²) in [5.74, 6) is -0.277. The molecular formula is C17H27N3O2. The van der Waals surface area contributed by atoms with Crippen LogP contribution in [0.2, 0.25) is 0 Å². The summed E-state index contributed by atoms with van der Waals surface area (Å²) >= 11 is 0. The first-order chi connectivity index (χ1) is 10.3. The lowest BCUT2D eigenvalue weighted by molar-refractivity contribution is 0.00696. The molecular weight excluding hydrogens is 278 g/mol. The highest BCUT2D eigenvalue weighted by molar-refractivity contribution is 5.93. The molecule has 2 N–H and O–H groups in total. The number of nitrogens with zero attached hydrogens (tertiary/aromatic N) is 1. The van der Waals surface area contributed by atoms with Crippen molar-refractivity contribution >= 4 is 17.3 Å². The van der Waals surface area contributed by atoms with E-state index in [4.69, 9.17) is 4.74 Å². The van der Waals surface area contributed by atoms with Crippen molar-refractivity contribution in [3.8, 4) is 0 Å². The van der Waals surface area contributed by atoms with E-state index in [2.05, 4.69) is 22.5 Å². The van der Waals surface area contributed by atoms with Gasteiger partial charge in [-0.25, -0.2) is 4.79 Å². The number of rotatable bonds is 3. The second kappa shape index (κ2) is 6.57. The SMILES string of the molecule is CNc1cc(C(=O)OC(C)(C)C)cc(N2CCNCC2)c1C. The number of carbonyl (C=O) groups is 1. The monoisotopic (exact) mass is 305 g/mol. The Morgan fingerprint density at radius 1 is 1.27 bits per heavy atom. The summed E-state index contributed by atoms with van der Waals surface area (Å²) in [6.07, 6.45) is 0. The number of hydrogen-bond acceptors (Lipinski definition) is 5. The molecule has 1 saturated heterocycles. The second-order valence-electron chi connectivity index (χ2n) is 6.66. The summed E-state index contributed by atoms with van der Waals surface area (Å²) in [5, 5.41) is 6.53. The van der Waals surface area contributed by atoms with Crippen LogP contribution in [0, 0.1) is 6.92 Å². The molecule has 0 unspecified atom stereocenters. The van der Waals surface area contributed by atoms with Gasteiger partial charge in [0, 0.05) is 44.6 Å². The Hall–Kier alpha value is -1.75. The predicted octanol–water partition coefficient (Wildman–Crippen LogP) is 2.40. The van der Waals surface area contributed by atoms with E-state index < -0.39 is 5.60 Å². The standard InChI is InChI=1S/C17H27N3O2/c1-12-14(18-5)10-13(16(21)22-17(2,3)4)11-15(12)20-8-6-19-7-9-20/h10-11,18-19H,6-9H2,1-5H3. The molecule has 5 nitrogen and oxygen atoms in total. The molecule has 1 aliphatic heterocycles. The number of hydrogen-bond donors (Lipinski definition) is 2. The van der Waals surface area contributed by atoms with Crippen LogP contribution in [0.15, 0.2) is 12.1 Å². The summed E-state index contributed by atoms with van der Waals surface area (Å²) in [4.78, 5) is 14.7. The van der Waals surface area contributed by atoms with E-state index in [1.165, 1.54) is 0 Å². The van der Waals surface area contributed by atoms with Crippen molar-refractivity contribution in [2.45, 2.75) is 33.3 Å². The van der Waals surface area contributed by atoms with Crippen molar-refractivity contribution in [2.24, 2.45) is 0 Å². The lowest BCUT2D eigenvalue weighted by atomic mass is 10.0. The third-order valence-corrected chi connectivity index (χ3v) is 3.74. The first-order valence-electron chi connectivity index (χ1n) is 7.83. The van der Waals surface area contributed by atoms with E-state index in [1.807, 2.05) is 40.0 Å². The summed E-state index contributed by atoms with van der Waals surface area (Å²) in [6.45, 7) is 11.6. The van der Waals surface area contributed by atoms with E-state index in [0.717, 1.165) is 43.1 Å². The Morgan fingerprint density at radius 3 is 2.45 bits per heavy atom. The van der Waals surface area contributed by atoms with E-state index in [9.17, 15) is 4.79 Å². The Balaban J connectivity index is 2.36. The predicted molar refractivity (Wildman–Crippen MR) is 91.0 cm³/mol. The molecule has 2 rings (SSSR count). The Labute approximate surface area is 133 Å². The second-order valence-corrected chi connectivity index (χ2v) is 6.66. The minimum Gasteiger partial charge on any atom is -0.456 e. The minimum absolute atomic E-state index is 0.277. The molecule has 5 heteroatoms. The van der Waals surface area contributed by atoms with Crippen LogP contribution < -0.4 is 15.5 Å². The van der Waals surface area contributed by atoms with Crippen LogP contribution in [-0.4, -0.2) is 44.8 Å². The minimum atomic E-state index is -0.489. The molecule has 0 atom stereocenters. The molecule has 0 aliphatic carbocycles. The molecule has 1 aromatic rings. The zero-order valence-electron chi connectivity index (χ0n) is 14.2. The van der Waals surface area contributed by atoms with Crippen LogP contribution >= 0.6 is 0 Å². The maximum atomic E-state index is 12.4. The third kappa shape index (κ3) is 3.91. The number of nitrogens with one attached hydrogen (secondary N) is 2. The van der Waals surface area contributed by atoms with Gasteiger partial charge in [0.25, 0.3) is 0 Å². The number of ether oxygens (including phenoxy) is 1. The molecule has 22 heavy (non-hydrogen) atoms. The average molecular weight is 305 g/mol. The Kier molecular flexibility index (Phi) is 4.96. The van der Waals surface area contributed by atoms with E-state index in [-0.39, 0.29) is 5.97 Å². The summed E-state index contributed by atoms with van der Waals surface area (Å²) in [7, 11) is 1.88. The first kappa shape index (κ1) is 16.6. The molecule has 0 aromatic heterocycles. The van der Waals surface area contributed by atoms with Crippen LogP contribution in [0.5, 0.6) is 0 Å². The van der Waals surface area contributed by atoms with E-state index >= 15 is 0 Å². The van der Waals surface area contributed by atoms with Crippen molar-refractivity contribution in [1.82, 2.24) is 5.32 Å². The van der Waals surface area contributed by atoms with Gasteiger partial charge >= 0.3 is 5.97 Å². The number of benzene rings is 1. The molecule has 0 radical (unpaired) electrons. The number of esters is 1. The molecule has 1 heterocycles. The quantitative estimate of drug-likeness (QED) is 0.840. The Bertz CT molecular complexity index is 544. The zero-order valence-corrected chi connectivity index (χ0v) is 14.2. The van der Waals surface area contributed by atoms with Gasteiger partial charge in [-0.15, -0.1) is 0 Å². The number of piperazine rings is 1. The van der Waals surface area contributed by atoms with Crippen molar-refractivity contribution in [2.75, 3.05) is 43.4 Å². The fourth-order valence-corrected chi connectivity index (χ4v) is 2.65.